The van der Waals surface area contributed by atoms with Gasteiger partial charge in [0.1, 0.15) is 0 Å². The Labute approximate surface area is 197 Å². The number of piperidine rings is 1. The van der Waals surface area contributed by atoms with E-state index in [1.54, 1.807) is 30.0 Å². The highest BCUT2D eigenvalue weighted by molar-refractivity contribution is 8.00. The van der Waals surface area contributed by atoms with Crippen molar-refractivity contribution in [3.8, 4) is 0 Å². The van der Waals surface area contributed by atoms with E-state index in [0.717, 1.165) is 35.4 Å². The molecule has 31 heavy (non-hydrogen) atoms. The number of halogens is 2. The van der Waals surface area contributed by atoms with E-state index in [2.05, 4.69) is 5.32 Å². The van der Waals surface area contributed by atoms with Crippen molar-refractivity contribution < 1.29 is 9.59 Å². The van der Waals surface area contributed by atoms with Crippen molar-refractivity contribution in [2.45, 2.75) is 31.6 Å². The Hall–Kier alpha value is -1.89. The summed E-state index contributed by atoms with van der Waals surface area (Å²) in [5.74, 6) is 0.811. The van der Waals surface area contributed by atoms with Crippen LogP contribution in [0.1, 0.15) is 34.3 Å². The number of likely N-dealkylation sites (tertiary alicyclic amines) is 1. The predicted octanol–water partition coefficient (Wildman–Crippen LogP) is 5.82. The van der Waals surface area contributed by atoms with Crippen LogP contribution in [0.4, 0.5) is 10.5 Å². The highest BCUT2D eigenvalue weighted by atomic mass is 35.5. The Balaban J connectivity index is 1.44. The second kappa shape index (κ2) is 8.93. The second-order valence-electron chi connectivity index (χ2n) is 8.04. The first-order valence-electron chi connectivity index (χ1n) is 10.3. The van der Waals surface area contributed by atoms with E-state index in [1.807, 2.05) is 41.8 Å². The molecular formula is C23H25Cl2N3O2S. The lowest BCUT2D eigenvalue weighted by atomic mass is 10.0. The molecule has 2 aliphatic heterocycles. The van der Waals surface area contributed by atoms with Crippen LogP contribution in [0.5, 0.6) is 0 Å². The maximum atomic E-state index is 13.3. The first kappa shape index (κ1) is 22.3. The largest absolute Gasteiger partial charge is 0.324 e. The van der Waals surface area contributed by atoms with E-state index >= 15 is 0 Å². The van der Waals surface area contributed by atoms with E-state index in [9.17, 15) is 9.59 Å². The summed E-state index contributed by atoms with van der Waals surface area (Å²) in [6.45, 7) is 5.92. The minimum Gasteiger partial charge on any atom is -0.324 e. The smallest absolute Gasteiger partial charge is 0.321 e. The van der Waals surface area contributed by atoms with E-state index in [0.29, 0.717) is 35.2 Å². The molecule has 0 radical (unpaired) electrons. The quantitative estimate of drug-likeness (QED) is 0.592. The lowest BCUT2D eigenvalue weighted by Crippen LogP contribution is -2.54. The molecule has 0 bridgehead atoms. The average Bonchev–Trinajstić information content (AvgIpc) is 3.14. The number of rotatable bonds is 2. The van der Waals surface area contributed by atoms with Crippen molar-refractivity contribution in [2.24, 2.45) is 0 Å². The minimum absolute atomic E-state index is 0.0695. The standard InChI is InChI=1S/C23H25Cl2N3O2S/c1-15-4-3-5-20(16(15)2)26-22(30)27-10-8-23(9-11-27)28(12-13-31-23)21(29)18-7-6-17(24)14-19(18)25/h3-7,14H,8-13H2,1-2H3,(H,26,30). The van der Waals surface area contributed by atoms with Gasteiger partial charge in [-0.15, -0.1) is 11.8 Å². The average molecular weight is 478 g/mol. The number of thioether (sulfide) groups is 1. The number of aryl methyl sites for hydroxylation is 1. The molecule has 0 aliphatic carbocycles. The number of nitrogens with zero attached hydrogens (tertiary/aromatic N) is 2. The van der Waals surface area contributed by atoms with Crippen molar-refractivity contribution in [1.82, 2.24) is 9.80 Å². The molecule has 2 fully saturated rings. The third kappa shape index (κ3) is 4.38. The molecule has 3 amide bonds. The van der Waals surface area contributed by atoms with Gasteiger partial charge < -0.3 is 15.1 Å². The maximum Gasteiger partial charge on any atom is 0.321 e. The van der Waals surface area contributed by atoms with Crippen molar-refractivity contribution in [2.75, 3.05) is 30.7 Å². The van der Waals surface area contributed by atoms with Crippen molar-refractivity contribution in [3.05, 3.63) is 63.1 Å². The number of carbonyl (C=O) groups is 2. The molecule has 1 N–H and O–H groups in total. The van der Waals surface area contributed by atoms with Crippen molar-refractivity contribution >= 4 is 52.6 Å². The first-order valence-corrected chi connectivity index (χ1v) is 12.1. The van der Waals surface area contributed by atoms with Gasteiger partial charge in [0.2, 0.25) is 0 Å². The summed E-state index contributed by atoms with van der Waals surface area (Å²) in [5, 5.41) is 3.92. The number of hydrogen-bond donors (Lipinski definition) is 1. The fraction of sp³-hybridized carbons (Fsp3) is 0.391. The van der Waals surface area contributed by atoms with Crippen LogP contribution in [0.2, 0.25) is 10.0 Å². The summed E-state index contributed by atoms with van der Waals surface area (Å²) in [6, 6.07) is 10.8. The van der Waals surface area contributed by atoms with Gasteiger partial charge in [-0.25, -0.2) is 4.79 Å². The van der Waals surface area contributed by atoms with Gasteiger partial charge in [-0.05, 0) is 62.1 Å². The third-order valence-corrected chi connectivity index (χ3v) is 8.36. The summed E-state index contributed by atoms with van der Waals surface area (Å²) >= 11 is 14.1. The van der Waals surface area contributed by atoms with E-state index in [-0.39, 0.29) is 16.8 Å². The van der Waals surface area contributed by atoms with Gasteiger partial charge in [-0.1, -0.05) is 35.3 Å². The van der Waals surface area contributed by atoms with Crippen LogP contribution >= 0.6 is 35.0 Å². The molecule has 2 aromatic carbocycles. The highest BCUT2D eigenvalue weighted by Crippen LogP contribution is 2.45. The summed E-state index contributed by atoms with van der Waals surface area (Å²) in [6.07, 6.45) is 1.46. The third-order valence-electron chi connectivity index (χ3n) is 6.26. The van der Waals surface area contributed by atoms with Crippen LogP contribution in [0.25, 0.3) is 0 Å². The van der Waals surface area contributed by atoms with Gasteiger partial charge in [0.15, 0.2) is 0 Å². The number of carbonyl (C=O) groups excluding carboxylic acids is 2. The molecule has 0 aromatic heterocycles. The minimum atomic E-state index is -0.296. The Morgan fingerprint density at radius 2 is 1.81 bits per heavy atom. The van der Waals surface area contributed by atoms with E-state index < -0.39 is 0 Å². The summed E-state index contributed by atoms with van der Waals surface area (Å²) in [7, 11) is 0. The summed E-state index contributed by atoms with van der Waals surface area (Å²) in [5.41, 5.74) is 3.54. The van der Waals surface area contributed by atoms with Crippen molar-refractivity contribution in [3.63, 3.8) is 0 Å². The molecule has 4 rings (SSSR count). The zero-order valence-electron chi connectivity index (χ0n) is 17.6. The fourth-order valence-electron chi connectivity index (χ4n) is 4.26. The molecule has 2 aliphatic rings. The Bertz CT molecular complexity index is 1020. The van der Waals surface area contributed by atoms with Gasteiger partial charge >= 0.3 is 6.03 Å². The van der Waals surface area contributed by atoms with Crippen LogP contribution in [0, 0.1) is 13.8 Å². The monoisotopic (exact) mass is 477 g/mol. The lowest BCUT2D eigenvalue weighted by molar-refractivity contribution is 0.0586. The molecule has 2 heterocycles. The number of amides is 3. The normalized spacial score (nSPS) is 17.8. The molecule has 2 saturated heterocycles. The topological polar surface area (TPSA) is 52.7 Å². The second-order valence-corrected chi connectivity index (χ2v) is 10.3. The van der Waals surface area contributed by atoms with Gasteiger partial charge in [-0.3, -0.25) is 4.79 Å². The molecule has 0 unspecified atom stereocenters. The van der Waals surface area contributed by atoms with Gasteiger partial charge in [0, 0.05) is 36.1 Å². The van der Waals surface area contributed by atoms with Crippen LogP contribution < -0.4 is 5.32 Å². The van der Waals surface area contributed by atoms with Gasteiger partial charge in [-0.2, -0.15) is 0 Å². The number of nitrogens with one attached hydrogen (secondary N) is 1. The molecule has 0 atom stereocenters. The van der Waals surface area contributed by atoms with Crippen LogP contribution in [-0.2, 0) is 0 Å². The van der Waals surface area contributed by atoms with E-state index in [1.165, 1.54) is 0 Å². The molecule has 8 heteroatoms. The van der Waals surface area contributed by atoms with Crippen LogP contribution in [0.15, 0.2) is 36.4 Å². The summed E-state index contributed by atoms with van der Waals surface area (Å²) < 4.78 is 0. The Kier molecular flexibility index (Phi) is 6.42. The Morgan fingerprint density at radius 1 is 1.06 bits per heavy atom. The molecule has 2 aromatic rings. The van der Waals surface area contributed by atoms with E-state index in [4.69, 9.17) is 23.2 Å². The number of benzene rings is 2. The SMILES string of the molecule is Cc1cccc(NC(=O)N2CCC3(CC2)SCCN3C(=O)c2ccc(Cl)cc2Cl)c1C. The number of hydrogen-bond acceptors (Lipinski definition) is 3. The molecule has 0 saturated carbocycles. The van der Waals surface area contributed by atoms with Crippen LogP contribution in [0.3, 0.4) is 0 Å². The summed E-state index contributed by atoms with van der Waals surface area (Å²) in [4.78, 5) is 29.6. The molecule has 1 spiro atoms. The number of anilines is 1. The molecule has 164 valence electrons. The lowest BCUT2D eigenvalue weighted by Gasteiger charge is -2.44. The number of urea groups is 1. The molecule has 5 nitrogen and oxygen atoms in total. The maximum absolute atomic E-state index is 13.3. The van der Waals surface area contributed by atoms with Crippen molar-refractivity contribution in [1.29, 1.82) is 0 Å². The zero-order valence-corrected chi connectivity index (χ0v) is 19.9. The predicted molar refractivity (Wildman–Crippen MR) is 128 cm³/mol. The zero-order chi connectivity index (χ0) is 22.2. The van der Waals surface area contributed by atoms with Gasteiger partial charge in [0.05, 0.1) is 15.5 Å². The Morgan fingerprint density at radius 3 is 2.52 bits per heavy atom. The van der Waals surface area contributed by atoms with Crippen LogP contribution in [-0.4, -0.2) is 52.0 Å². The fourth-order valence-corrected chi connectivity index (χ4v) is 6.20. The molecular weight excluding hydrogens is 453 g/mol. The van der Waals surface area contributed by atoms with Gasteiger partial charge in [0.25, 0.3) is 5.91 Å². The highest BCUT2D eigenvalue weighted by Gasteiger charge is 2.47. The first-order chi connectivity index (χ1) is 14.8.